The van der Waals surface area contributed by atoms with Crippen molar-refractivity contribution in [2.75, 3.05) is 0 Å². The molecule has 1 aromatic heterocycles. The van der Waals surface area contributed by atoms with Gasteiger partial charge in [-0.2, -0.15) is 0 Å². The lowest BCUT2D eigenvalue weighted by Crippen LogP contribution is -3.00. The number of aryl methyl sites for hydroxylation is 2. The third-order valence-corrected chi connectivity index (χ3v) is 2.68. The first-order valence-corrected chi connectivity index (χ1v) is 5.26. The van der Waals surface area contributed by atoms with Crippen LogP contribution < -0.4 is 21.5 Å². The molecular weight excluding hydrogens is 250 g/mol. The van der Waals surface area contributed by atoms with Crippen LogP contribution in [0.25, 0.3) is 10.8 Å². The van der Waals surface area contributed by atoms with Crippen molar-refractivity contribution >= 4 is 10.8 Å². The topological polar surface area (TPSA) is 3.88 Å². The van der Waals surface area contributed by atoms with Crippen molar-refractivity contribution in [1.82, 2.24) is 0 Å². The molecule has 0 bridgehead atoms. The highest BCUT2D eigenvalue weighted by molar-refractivity contribution is 5.80. The Labute approximate surface area is 102 Å². The van der Waals surface area contributed by atoms with Crippen molar-refractivity contribution in [3.8, 4) is 0 Å². The fourth-order valence-corrected chi connectivity index (χ4v) is 1.87. The molecule has 15 heavy (non-hydrogen) atoms. The van der Waals surface area contributed by atoms with Gasteiger partial charge in [-0.25, -0.2) is 4.57 Å². The monoisotopic (exact) mass is 265 g/mol. The van der Waals surface area contributed by atoms with E-state index in [1.54, 1.807) is 0 Å². The van der Waals surface area contributed by atoms with E-state index < -0.39 is 0 Å². The van der Waals surface area contributed by atoms with Crippen molar-refractivity contribution in [3.63, 3.8) is 0 Å². The predicted octanol–water partition coefficient (Wildman–Crippen LogP) is -0.286. The maximum absolute atomic E-state index is 2.32. The van der Waals surface area contributed by atoms with Crippen molar-refractivity contribution in [2.24, 2.45) is 0 Å². The van der Waals surface area contributed by atoms with E-state index in [-0.39, 0.29) is 17.0 Å². The third-order valence-electron chi connectivity index (χ3n) is 2.68. The molecule has 1 aromatic carbocycles. The van der Waals surface area contributed by atoms with Crippen LogP contribution in [-0.2, 0) is 13.0 Å². The summed E-state index contributed by atoms with van der Waals surface area (Å²) in [6, 6.07) is 10.8. The second-order valence-electron chi connectivity index (χ2n) is 3.53. The minimum absolute atomic E-state index is 0. The zero-order valence-electron chi connectivity index (χ0n) is 9.20. The maximum atomic E-state index is 2.32. The van der Waals surface area contributed by atoms with Gasteiger partial charge in [-0.3, -0.25) is 0 Å². The van der Waals surface area contributed by atoms with Crippen LogP contribution in [0.5, 0.6) is 0 Å². The number of halogens is 1. The van der Waals surface area contributed by atoms with E-state index >= 15 is 0 Å². The predicted molar refractivity (Wildman–Crippen MR) is 59.2 cm³/mol. The number of hydrogen-bond acceptors (Lipinski definition) is 0. The minimum atomic E-state index is 0. The number of aromatic nitrogens is 1. The fourth-order valence-electron chi connectivity index (χ4n) is 1.87. The largest absolute Gasteiger partial charge is 1.00 e. The highest BCUT2D eigenvalue weighted by Crippen LogP contribution is 2.12. The molecule has 0 aliphatic rings. The zero-order valence-corrected chi connectivity index (χ0v) is 10.8. The fraction of sp³-hybridized carbons (Fsp3) is 0.308. The van der Waals surface area contributed by atoms with Gasteiger partial charge in [-0.1, -0.05) is 25.1 Å². The number of benzene rings is 1. The standard InChI is InChI=1S/C13H16N.BrH/c1-3-13-9-11-7-5-6-8-12(11)10-14(13)4-2;/h5-10H,3-4H2,1-2H3;1H/q+1;/p-1. The molecule has 2 rings (SSSR count). The van der Waals surface area contributed by atoms with E-state index in [2.05, 4.69) is 54.9 Å². The average molecular weight is 266 g/mol. The molecule has 0 aliphatic carbocycles. The summed E-state index contributed by atoms with van der Waals surface area (Å²) in [5.74, 6) is 0. The van der Waals surface area contributed by atoms with E-state index in [1.807, 2.05) is 0 Å². The van der Waals surface area contributed by atoms with E-state index in [0.29, 0.717) is 0 Å². The van der Waals surface area contributed by atoms with Gasteiger partial charge in [0.25, 0.3) is 0 Å². The first kappa shape index (κ1) is 12.2. The normalized spacial score (nSPS) is 10.0. The summed E-state index contributed by atoms with van der Waals surface area (Å²) in [4.78, 5) is 0. The van der Waals surface area contributed by atoms with Gasteiger partial charge in [-0.15, -0.1) is 0 Å². The lowest BCUT2D eigenvalue weighted by Gasteiger charge is -2.02. The number of rotatable bonds is 2. The first-order chi connectivity index (χ1) is 6.85. The van der Waals surface area contributed by atoms with Crippen molar-refractivity contribution in [2.45, 2.75) is 26.8 Å². The van der Waals surface area contributed by atoms with Gasteiger partial charge in [0.2, 0.25) is 0 Å². The molecule has 0 spiro atoms. The molecule has 0 radical (unpaired) electrons. The quantitative estimate of drug-likeness (QED) is 0.658. The summed E-state index contributed by atoms with van der Waals surface area (Å²) in [6.07, 6.45) is 3.34. The van der Waals surface area contributed by atoms with Crippen LogP contribution in [0.15, 0.2) is 36.5 Å². The molecule has 0 unspecified atom stereocenters. The van der Waals surface area contributed by atoms with E-state index in [4.69, 9.17) is 0 Å². The van der Waals surface area contributed by atoms with E-state index in [9.17, 15) is 0 Å². The number of nitrogens with zero attached hydrogens (tertiary/aromatic N) is 1. The van der Waals surface area contributed by atoms with Gasteiger partial charge in [-0.05, 0) is 18.4 Å². The molecule has 0 amide bonds. The molecule has 0 fully saturated rings. The molecule has 0 saturated heterocycles. The van der Waals surface area contributed by atoms with E-state index in [0.717, 1.165) is 13.0 Å². The number of hydrogen-bond donors (Lipinski definition) is 0. The second kappa shape index (κ2) is 5.26. The zero-order chi connectivity index (χ0) is 9.97. The van der Waals surface area contributed by atoms with Gasteiger partial charge in [0.1, 0.15) is 6.54 Å². The smallest absolute Gasteiger partial charge is 0.181 e. The van der Waals surface area contributed by atoms with Crippen LogP contribution in [0.2, 0.25) is 0 Å². The van der Waals surface area contributed by atoms with Crippen LogP contribution in [0.4, 0.5) is 0 Å². The van der Waals surface area contributed by atoms with Crippen LogP contribution >= 0.6 is 0 Å². The van der Waals surface area contributed by atoms with Crippen LogP contribution in [0, 0.1) is 0 Å². The molecule has 2 heteroatoms. The highest BCUT2D eigenvalue weighted by atomic mass is 79.9. The van der Waals surface area contributed by atoms with Gasteiger partial charge in [0, 0.05) is 17.9 Å². The Morgan fingerprint density at radius 2 is 1.73 bits per heavy atom. The summed E-state index contributed by atoms with van der Waals surface area (Å²) in [7, 11) is 0. The van der Waals surface area contributed by atoms with Crippen molar-refractivity contribution < 1.29 is 21.5 Å². The number of pyridine rings is 1. The Kier molecular flexibility index (Phi) is 4.28. The minimum Gasteiger partial charge on any atom is -1.00 e. The van der Waals surface area contributed by atoms with Gasteiger partial charge < -0.3 is 17.0 Å². The summed E-state index contributed by atoms with van der Waals surface area (Å²) < 4.78 is 2.32. The first-order valence-electron chi connectivity index (χ1n) is 5.26. The molecule has 80 valence electrons. The van der Waals surface area contributed by atoms with Gasteiger partial charge >= 0.3 is 0 Å². The van der Waals surface area contributed by atoms with Gasteiger partial charge in [0.15, 0.2) is 11.9 Å². The summed E-state index contributed by atoms with van der Waals surface area (Å²) in [6.45, 7) is 5.44. The molecule has 2 aromatic rings. The Hall–Kier alpha value is -0.890. The Balaban J connectivity index is 0.00000112. The lowest BCUT2D eigenvalue weighted by atomic mass is 10.1. The summed E-state index contributed by atoms with van der Waals surface area (Å²) >= 11 is 0. The summed E-state index contributed by atoms with van der Waals surface area (Å²) in [5.41, 5.74) is 1.41. The average Bonchev–Trinajstić information content (AvgIpc) is 2.27. The molecule has 1 nitrogen and oxygen atoms in total. The Morgan fingerprint density at radius 1 is 1.07 bits per heavy atom. The van der Waals surface area contributed by atoms with E-state index in [1.165, 1.54) is 16.5 Å². The van der Waals surface area contributed by atoms with Gasteiger partial charge in [0.05, 0.1) is 0 Å². The van der Waals surface area contributed by atoms with Crippen LogP contribution in [0.3, 0.4) is 0 Å². The van der Waals surface area contributed by atoms with Crippen LogP contribution in [0.1, 0.15) is 19.5 Å². The lowest BCUT2D eigenvalue weighted by molar-refractivity contribution is -0.699. The van der Waals surface area contributed by atoms with Crippen molar-refractivity contribution in [1.29, 1.82) is 0 Å². The molecule has 0 atom stereocenters. The third kappa shape index (κ3) is 2.37. The molecule has 0 N–H and O–H groups in total. The van der Waals surface area contributed by atoms with Crippen LogP contribution in [-0.4, -0.2) is 0 Å². The maximum Gasteiger partial charge on any atom is 0.181 e. The molecular formula is C13H16BrN. The Bertz CT molecular complexity index is 409. The second-order valence-corrected chi connectivity index (χ2v) is 3.53. The highest BCUT2D eigenvalue weighted by Gasteiger charge is 2.07. The molecule has 0 saturated carbocycles. The van der Waals surface area contributed by atoms with Crippen molar-refractivity contribution in [3.05, 3.63) is 42.2 Å². The Morgan fingerprint density at radius 3 is 2.33 bits per heavy atom. The SMILES string of the molecule is CCc1cc2ccccc2c[n+]1CC.[Br-]. The molecule has 0 aliphatic heterocycles. The number of fused-ring (bicyclic) bond motifs is 1. The molecule has 1 heterocycles. The summed E-state index contributed by atoms with van der Waals surface area (Å²) in [5, 5.41) is 2.67.